The smallest absolute Gasteiger partial charge is 0.258 e. The maximum Gasteiger partial charge on any atom is 0.258 e. The third-order valence-electron chi connectivity index (χ3n) is 4.96. The standard InChI is InChI=1S/C22H27ClN2O2/c1-16-11-20(23)12-17(2)22(16)27-15-21(26)24-13-18-7-3-4-8-19(18)14-25-9-5-6-10-25/h3-4,7-8,11-12H,5-6,9-10,13-15H2,1-2H3,(H,24,26). The molecule has 5 heteroatoms. The molecule has 0 aromatic heterocycles. The molecule has 0 saturated carbocycles. The van der Waals surface area contributed by atoms with Crippen LogP contribution in [0.1, 0.15) is 35.1 Å². The first-order valence-electron chi connectivity index (χ1n) is 9.48. The molecule has 0 atom stereocenters. The van der Waals surface area contributed by atoms with Gasteiger partial charge >= 0.3 is 0 Å². The highest BCUT2D eigenvalue weighted by atomic mass is 35.5. The Balaban J connectivity index is 1.54. The van der Waals surface area contributed by atoms with E-state index in [1.807, 2.05) is 32.0 Å². The molecule has 0 radical (unpaired) electrons. The van der Waals surface area contributed by atoms with Gasteiger partial charge in [-0.25, -0.2) is 0 Å². The molecule has 1 saturated heterocycles. The van der Waals surface area contributed by atoms with Crippen LogP contribution in [0.25, 0.3) is 0 Å². The monoisotopic (exact) mass is 386 g/mol. The maximum absolute atomic E-state index is 12.3. The molecule has 0 unspecified atom stereocenters. The third kappa shape index (κ3) is 5.47. The number of benzene rings is 2. The van der Waals surface area contributed by atoms with Gasteiger partial charge in [0.1, 0.15) is 5.75 Å². The van der Waals surface area contributed by atoms with Crippen LogP contribution in [0, 0.1) is 13.8 Å². The van der Waals surface area contributed by atoms with E-state index in [0.717, 1.165) is 42.1 Å². The van der Waals surface area contributed by atoms with E-state index < -0.39 is 0 Å². The number of rotatable bonds is 7. The number of carbonyl (C=O) groups excluding carboxylic acids is 1. The highest BCUT2D eigenvalue weighted by Gasteiger charge is 2.14. The van der Waals surface area contributed by atoms with E-state index in [0.29, 0.717) is 11.6 Å². The van der Waals surface area contributed by atoms with Crippen LogP contribution in [0.5, 0.6) is 5.75 Å². The molecule has 1 amide bonds. The molecular formula is C22H27ClN2O2. The number of hydrogen-bond acceptors (Lipinski definition) is 3. The van der Waals surface area contributed by atoms with Crippen LogP contribution in [0.4, 0.5) is 0 Å². The Morgan fingerprint density at radius 3 is 2.41 bits per heavy atom. The second kappa shape index (κ2) is 9.25. The largest absolute Gasteiger partial charge is 0.483 e. The van der Waals surface area contributed by atoms with Crippen LogP contribution in [0.2, 0.25) is 5.02 Å². The Kier molecular flexibility index (Phi) is 6.75. The van der Waals surface area contributed by atoms with E-state index in [2.05, 4.69) is 28.4 Å². The highest BCUT2D eigenvalue weighted by Crippen LogP contribution is 2.27. The number of nitrogens with zero attached hydrogens (tertiary/aromatic N) is 1. The van der Waals surface area contributed by atoms with Gasteiger partial charge < -0.3 is 10.1 Å². The zero-order valence-corrected chi connectivity index (χ0v) is 16.8. The molecular weight excluding hydrogens is 360 g/mol. The number of aryl methyl sites for hydroxylation is 2. The number of carbonyl (C=O) groups is 1. The van der Waals surface area contributed by atoms with Crippen LogP contribution in [0.3, 0.4) is 0 Å². The first kappa shape index (κ1) is 19.7. The van der Waals surface area contributed by atoms with Gasteiger partial charge in [-0.1, -0.05) is 35.9 Å². The van der Waals surface area contributed by atoms with Crippen molar-refractivity contribution in [2.24, 2.45) is 0 Å². The van der Waals surface area contributed by atoms with Crippen LogP contribution in [-0.2, 0) is 17.9 Å². The Hall–Kier alpha value is -2.04. The van der Waals surface area contributed by atoms with E-state index in [-0.39, 0.29) is 12.5 Å². The summed E-state index contributed by atoms with van der Waals surface area (Å²) in [6, 6.07) is 12.0. The zero-order valence-electron chi connectivity index (χ0n) is 16.1. The first-order valence-corrected chi connectivity index (χ1v) is 9.86. The first-order chi connectivity index (χ1) is 13.0. The Labute approximate surface area is 166 Å². The molecule has 1 fully saturated rings. The molecule has 1 aliphatic rings. The van der Waals surface area contributed by atoms with Crippen molar-refractivity contribution < 1.29 is 9.53 Å². The molecule has 0 bridgehead atoms. The van der Waals surface area contributed by atoms with E-state index in [9.17, 15) is 4.79 Å². The minimum atomic E-state index is -0.125. The molecule has 27 heavy (non-hydrogen) atoms. The van der Waals surface area contributed by atoms with E-state index in [4.69, 9.17) is 16.3 Å². The number of ether oxygens (including phenoxy) is 1. The fourth-order valence-corrected chi connectivity index (χ4v) is 3.90. The molecule has 1 N–H and O–H groups in total. The van der Waals surface area contributed by atoms with Crippen molar-refractivity contribution in [2.75, 3.05) is 19.7 Å². The van der Waals surface area contributed by atoms with E-state index in [1.165, 1.54) is 18.4 Å². The van der Waals surface area contributed by atoms with Crippen LogP contribution in [0.15, 0.2) is 36.4 Å². The minimum absolute atomic E-state index is 0.00238. The van der Waals surface area contributed by atoms with E-state index >= 15 is 0 Å². The molecule has 3 rings (SSSR count). The lowest BCUT2D eigenvalue weighted by atomic mass is 10.1. The van der Waals surface area contributed by atoms with Gasteiger partial charge in [-0.2, -0.15) is 0 Å². The van der Waals surface area contributed by atoms with Gasteiger partial charge in [0.15, 0.2) is 6.61 Å². The van der Waals surface area contributed by atoms with Crippen molar-refractivity contribution in [3.63, 3.8) is 0 Å². The lowest BCUT2D eigenvalue weighted by Gasteiger charge is -2.18. The third-order valence-corrected chi connectivity index (χ3v) is 5.18. The summed E-state index contributed by atoms with van der Waals surface area (Å²) in [7, 11) is 0. The van der Waals surface area contributed by atoms with Crippen molar-refractivity contribution in [3.8, 4) is 5.75 Å². The summed E-state index contributed by atoms with van der Waals surface area (Å²) >= 11 is 6.04. The summed E-state index contributed by atoms with van der Waals surface area (Å²) < 4.78 is 5.73. The van der Waals surface area contributed by atoms with Gasteiger partial charge in [-0.05, 0) is 74.2 Å². The Morgan fingerprint density at radius 2 is 1.74 bits per heavy atom. The Morgan fingerprint density at radius 1 is 1.11 bits per heavy atom. The van der Waals surface area contributed by atoms with Crippen molar-refractivity contribution in [1.82, 2.24) is 10.2 Å². The maximum atomic E-state index is 12.3. The summed E-state index contributed by atoms with van der Waals surface area (Å²) in [6.07, 6.45) is 2.56. The van der Waals surface area contributed by atoms with Crippen LogP contribution < -0.4 is 10.1 Å². The Bertz CT molecular complexity index is 778. The molecule has 2 aromatic carbocycles. The van der Waals surface area contributed by atoms with Crippen LogP contribution in [-0.4, -0.2) is 30.5 Å². The minimum Gasteiger partial charge on any atom is -0.483 e. The lowest BCUT2D eigenvalue weighted by molar-refractivity contribution is -0.123. The van der Waals surface area contributed by atoms with Gasteiger partial charge in [0.25, 0.3) is 5.91 Å². The topological polar surface area (TPSA) is 41.6 Å². The molecule has 0 spiro atoms. The second-order valence-corrected chi connectivity index (χ2v) is 7.62. The van der Waals surface area contributed by atoms with Gasteiger partial charge in [0, 0.05) is 18.1 Å². The molecule has 2 aromatic rings. The lowest BCUT2D eigenvalue weighted by Crippen LogP contribution is -2.29. The summed E-state index contributed by atoms with van der Waals surface area (Å²) in [5.74, 6) is 0.601. The van der Waals surface area contributed by atoms with Crippen molar-refractivity contribution in [3.05, 3.63) is 63.7 Å². The number of halogens is 1. The predicted octanol–water partition coefficient (Wildman–Crippen LogP) is 4.25. The van der Waals surface area contributed by atoms with Crippen molar-refractivity contribution in [1.29, 1.82) is 0 Å². The van der Waals surface area contributed by atoms with Gasteiger partial charge in [-0.3, -0.25) is 9.69 Å². The second-order valence-electron chi connectivity index (χ2n) is 7.19. The summed E-state index contributed by atoms with van der Waals surface area (Å²) in [6.45, 7) is 7.65. The summed E-state index contributed by atoms with van der Waals surface area (Å²) in [5.41, 5.74) is 4.31. The zero-order chi connectivity index (χ0) is 19.2. The van der Waals surface area contributed by atoms with E-state index in [1.54, 1.807) is 0 Å². The fraction of sp³-hybridized carbons (Fsp3) is 0.409. The SMILES string of the molecule is Cc1cc(Cl)cc(C)c1OCC(=O)NCc1ccccc1CN1CCCC1. The number of amides is 1. The number of nitrogens with one attached hydrogen (secondary N) is 1. The summed E-state index contributed by atoms with van der Waals surface area (Å²) in [4.78, 5) is 14.7. The molecule has 4 nitrogen and oxygen atoms in total. The molecule has 144 valence electrons. The molecule has 1 aliphatic heterocycles. The van der Waals surface area contributed by atoms with Crippen molar-refractivity contribution >= 4 is 17.5 Å². The number of likely N-dealkylation sites (tertiary alicyclic amines) is 1. The predicted molar refractivity (Wildman–Crippen MR) is 109 cm³/mol. The average Bonchev–Trinajstić information content (AvgIpc) is 3.13. The normalized spacial score (nSPS) is 14.3. The fourth-order valence-electron chi connectivity index (χ4n) is 3.57. The molecule has 1 heterocycles. The van der Waals surface area contributed by atoms with Gasteiger partial charge in [-0.15, -0.1) is 0 Å². The number of hydrogen-bond donors (Lipinski definition) is 1. The summed E-state index contributed by atoms with van der Waals surface area (Å²) in [5, 5.41) is 3.65. The van der Waals surface area contributed by atoms with Crippen LogP contribution >= 0.6 is 11.6 Å². The van der Waals surface area contributed by atoms with Gasteiger partial charge in [0.05, 0.1) is 0 Å². The molecule has 0 aliphatic carbocycles. The highest BCUT2D eigenvalue weighted by molar-refractivity contribution is 6.30. The average molecular weight is 387 g/mol. The quantitative estimate of drug-likeness (QED) is 0.773. The van der Waals surface area contributed by atoms with Crippen molar-refractivity contribution in [2.45, 2.75) is 39.8 Å². The van der Waals surface area contributed by atoms with Gasteiger partial charge in [0.2, 0.25) is 0 Å².